The summed E-state index contributed by atoms with van der Waals surface area (Å²) in [6.07, 6.45) is -9.23. The van der Waals surface area contributed by atoms with Crippen molar-refractivity contribution in [2.24, 2.45) is 5.92 Å². The molecule has 0 aromatic carbocycles. The van der Waals surface area contributed by atoms with Gasteiger partial charge in [-0.05, 0) is 33.8 Å². The topological polar surface area (TPSA) is 374 Å². The minimum atomic E-state index is -1.78. The van der Waals surface area contributed by atoms with Crippen molar-refractivity contribution in [2.75, 3.05) is 32.2 Å². The number of ether oxygens (including phenoxy) is 5. The van der Waals surface area contributed by atoms with Crippen LogP contribution >= 0.6 is 0 Å². The van der Waals surface area contributed by atoms with Crippen LogP contribution < -0.4 is 29.6 Å². The van der Waals surface area contributed by atoms with Gasteiger partial charge in [0.15, 0.2) is 18.4 Å². The van der Waals surface area contributed by atoms with E-state index in [0.29, 0.717) is 0 Å². The lowest BCUT2D eigenvalue weighted by molar-refractivity contribution is -0.419. The van der Waals surface area contributed by atoms with Gasteiger partial charge < -0.3 is 104 Å². The Kier molecular flexibility index (Phi) is 20.4. The number of halogens is 1. The number of nitrogen functional groups attached to an aromatic ring is 1. The number of rotatable bonds is 8. The molecule has 4 aliphatic heterocycles. The molecule has 0 bridgehead atoms. The first-order valence-electron chi connectivity index (χ1n) is 18.2. The summed E-state index contributed by atoms with van der Waals surface area (Å²) in [7, 11) is 16.0. The van der Waals surface area contributed by atoms with Gasteiger partial charge in [0, 0.05) is 24.1 Å². The normalized spacial score (nSPS) is 41.7. The molecule has 4 fully saturated rings. The van der Waals surface area contributed by atoms with Crippen LogP contribution in [0.15, 0.2) is 17.1 Å². The molecule has 22 nitrogen and oxygen atoms in total. The molecule has 1 unspecified atom stereocenters. The lowest BCUT2D eigenvalue weighted by Gasteiger charge is -2.30. The van der Waals surface area contributed by atoms with Crippen molar-refractivity contribution in [2.45, 2.75) is 143 Å². The zero-order chi connectivity index (χ0) is 44.9. The zero-order valence-corrected chi connectivity index (χ0v) is 34.4. The van der Waals surface area contributed by atoms with Gasteiger partial charge in [-0.2, -0.15) is 4.98 Å². The van der Waals surface area contributed by atoms with E-state index in [1.165, 1.54) is 40.0 Å². The molecule has 1 aromatic heterocycles. The molecule has 16 N–H and O–H groups in total. The van der Waals surface area contributed by atoms with Gasteiger partial charge in [-0.15, -0.1) is 0 Å². The average Bonchev–Trinajstić information content (AvgIpc) is 3.69. The summed E-state index contributed by atoms with van der Waals surface area (Å²) in [6.45, 7) is 7.76. The van der Waals surface area contributed by atoms with Crippen LogP contribution in [0, 0.1) is 5.92 Å². The molecular weight excluding hydrogens is 808 g/mol. The predicted molar refractivity (Wildman–Crippen MR) is 200 cm³/mol. The van der Waals surface area contributed by atoms with Gasteiger partial charge in [0.2, 0.25) is 0 Å². The standard InChI is InChI=1S/C15H24N4O6.3C6H11BO4.ClH/c1-7(2)10(17)12(21)25-11-8(6-20)24-13(15(11,3)23)19-5-4-9(16)18-14(19)22;1-6(2-8)4(10)3(9)5(7)11-6;1-6(10)4(9)3(2-8)11-5(6)7;1-6(7)5(10)4(9)3(2-8)11-6;/h4-5,7-8,10-11,13,20,23H,6,17H2,1-3H3,(H2,16,18,22);3*3-5,8-10H,2H2,1H3;1H/t8-,10?,11-,13-,15-;3-,4+,5-,6-;2*3-,4-,5-,6-;/m1111./s1. The number of hydrogen-bond acceptors (Lipinski definition) is 20. The lowest BCUT2D eigenvalue weighted by Crippen LogP contribution is -3.00. The summed E-state index contributed by atoms with van der Waals surface area (Å²) in [5.41, 5.74) is 2.84. The summed E-state index contributed by atoms with van der Waals surface area (Å²) in [5.74, 6) is -0.657. The Labute approximate surface area is 351 Å². The molecule has 0 saturated carbocycles. The Morgan fingerprint density at radius 3 is 1.76 bits per heavy atom. The van der Waals surface area contributed by atoms with E-state index in [9.17, 15) is 45.3 Å². The van der Waals surface area contributed by atoms with Gasteiger partial charge in [-0.3, -0.25) is 4.57 Å². The van der Waals surface area contributed by atoms with Crippen molar-refractivity contribution in [3.05, 3.63) is 22.7 Å². The number of anilines is 1. The van der Waals surface area contributed by atoms with Gasteiger partial charge >= 0.3 is 11.7 Å². The second kappa shape index (κ2) is 21.9. The van der Waals surface area contributed by atoms with E-state index in [1.807, 2.05) is 13.8 Å². The average molecular weight is 867 g/mol. The maximum atomic E-state index is 12.2. The molecule has 0 aliphatic carbocycles. The molecule has 59 heavy (non-hydrogen) atoms. The fourth-order valence-corrected chi connectivity index (χ4v) is 6.02. The largest absolute Gasteiger partial charge is 1.00 e. The van der Waals surface area contributed by atoms with Gasteiger partial charge in [0.05, 0.1) is 31.9 Å². The molecule has 4 aliphatic rings. The first-order chi connectivity index (χ1) is 26.6. The van der Waals surface area contributed by atoms with Gasteiger partial charge in [0.25, 0.3) is 0 Å². The van der Waals surface area contributed by atoms with Gasteiger partial charge in [0.1, 0.15) is 95.0 Å². The highest BCUT2D eigenvalue weighted by Gasteiger charge is 2.57. The van der Waals surface area contributed by atoms with Crippen LogP contribution in [-0.2, 0) is 28.5 Å². The van der Waals surface area contributed by atoms with Crippen LogP contribution in [0.5, 0.6) is 0 Å². The van der Waals surface area contributed by atoms with E-state index in [-0.39, 0.29) is 44.0 Å². The maximum Gasteiger partial charge on any atom is 0.365 e. The minimum Gasteiger partial charge on any atom is -1.00 e. The van der Waals surface area contributed by atoms with Crippen LogP contribution in [0.4, 0.5) is 5.82 Å². The van der Waals surface area contributed by atoms with Crippen molar-refractivity contribution < 1.29 is 103 Å². The number of carbonyl (C=O) groups excluding carboxylic acids is 1. The molecule has 17 atom stereocenters. The number of esters is 1. The number of quaternary nitrogens is 1. The SMILES string of the molecule is CC(C)C([NH3+])C(=O)O[C@@H]1[C@@H](CO)O[C@@H](n2ccc(N)nc2=O)[C@]1(C)O.[B][C@@H]1O[C@H](CO)[C@@H](O)[C@@]1(C)O.[B][C@@H]1O[C@](C)(CO)[C@@H](O)[C@H]1O.[B][C@]1(C)O[C@H](CO)[C@@H](O)[C@H]1O.[Cl-]. The summed E-state index contributed by atoms with van der Waals surface area (Å²) in [5, 5.41) is 102. The Morgan fingerprint density at radius 1 is 0.898 bits per heavy atom. The van der Waals surface area contributed by atoms with Gasteiger partial charge in [-0.25, -0.2) is 9.59 Å². The fraction of sp³-hybridized carbons (Fsp3) is 0.848. The molecule has 6 radical (unpaired) electrons. The van der Waals surface area contributed by atoms with Crippen molar-refractivity contribution in [1.29, 1.82) is 0 Å². The number of aliphatic hydroxyl groups is 11. The van der Waals surface area contributed by atoms with E-state index in [2.05, 4.69) is 10.7 Å². The summed E-state index contributed by atoms with van der Waals surface area (Å²) in [6, 6.07) is -1.12. The van der Waals surface area contributed by atoms with Crippen LogP contribution in [0.3, 0.4) is 0 Å². The Morgan fingerprint density at radius 2 is 1.44 bits per heavy atom. The van der Waals surface area contributed by atoms with Crippen LogP contribution in [0.1, 0.15) is 47.8 Å². The van der Waals surface area contributed by atoms with E-state index >= 15 is 0 Å². The molecule has 4 saturated heterocycles. The lowest BCUT2D eigenvalue weighted by atomic mass is 9.78. The molecule has 1 aromatic rings. The Balaban J connectivity index is 0.000000428. The second-order valence-electron chi connectivity index (χ2n) is 15.6. The maximum absolute atomic E-state index is 12.2. The third kappa shape index (κ3) is 12.6. The van der Waals surface area contributed by atoms with Crippen molar-refractivity contribution in [1.82, 2.24) is 9.55 Å². The quantitative estimate of drug-likeness (QED) is 0.0852. The zero-order valence-electron chi connectivity index (χ0n) is 33.6. The van der Waals surface area contributed by atoms with Crippen molar-refractivity contribution >= 4 is 35.3 Å². The third-order valence-electron chi connectivity index (χ3n) is 10.3. The number of carbonyl (C=O) groups is 1. The van der Waals surface area contributed by atoms with E-state index in [1.54, 1.807) is 0 Å². The van der Waals surface area contributed by atoms with Crippen LogP contribution in [0.2, 0.25) is 0 Å². The monoisotopic (exact) mass is 866 g/mol. The predicted octanol–water partition coefficient (Wildman–Crippen LogP) is -11.4. The molecule has 334 valence electrons. The first kappa shape index (κ1) is 55.0. The highest BCUT2D eigenvalue weighted by Crippen LogP contribution is 2.39. The number of nitrogens with zero attached hydrogens (tertiary/aromatic N) is 2. The molecule has 5 rings (SSSR count). The summed E-state index contributed by atoms with van der Waals surface area (Å²) < 4.78 is 26.7. The van der Waals surface area contributed by atoms with Crippen molar-refractivity contribution in [3.8, 4) is 0 Å². The molecular formula is C33H58B3ClN4O18. The number of aliphatic hydroxyl groups excluding tert-OH is 9. The highest BCUT2D eigenvalue weighted by atomic mass is 35.5. The minimum absolute atomic E-state index is 0. The van der Waals surface area contributed by atoms with Crippen LogP contribution in [0.25, 0.3) is 0 Å². The number of nitrogens with two attached hydrogens (primary N) is 1. The van der Waals surface area contributed by atoms with Crippen molar-refractivity contribution in [3.63, 3.8) is 0 Å². The molecule has 0 spiro atoms. The first-order valence-corrected chi connectivity index (χ1v) is 18.2. The summed E-state index contributed by atoms with van der Waals surface area (Å²) in [4.78, 5) is 27.8. The van der Waals surface area contributed by atoms with E-state index in [4.69, 9.17) is 73.4 Å². The highest BCUT2D eigenvalue weighted by molar-refractivity contribution is 6.15. The van der Waals surface area contributed by atoms with E-state index < -0.39 is 120 Å². The second-order valence-corrected chi connectivity index (χ2v) is 15.6. The Bertz CT molecular complexity index is 1530. The smallest absolute Gasteiger partial charge is 0.365 e. The van der Waals surface area contributed by atoms with Crippen LogP contribution in [-0.4, -0.2) is 217 Å². The number of hydrogen-bond donors (Lipinski definition) is 13. The third-order valence-corrected chi connectivity index (χ3v) is 10.3. The fourth-order valence-electron chi connectivity index (χ4n) is 6.02. The Hall–Kier alpha value is -2.01. The summed E-state index contributed by atoms with van der Waals surface area (Å²) >= 11 is 0. The van der Waals surface area contributed by atoms with E-state index in [0.717, 1.165) is 4.57 Å². The number of aromatic nitrogens is 2. The molecule has 26 heteroatoms. The molecule has 5 heterocycles. The van der Waals surface area contributed by atoms with Gasteiger partial charge in [-0.1, -0.05) is 13.8 Å². The molecule has 0 amide bonds.